The lowest BCUT2D eigenvalue weighted by molar-refractivity contribution is -0.140. The first-order valence-corrected chi connectivity index (χ1v) is 13.7. The number of nitrogens with one attached hydrogen (secondary N) is 2. The number of hydrogen-bond acceptors (Lipinski definition) is 7. The van der Waals surface area contributed by atoms with Gasteiger partial charge in [-0.2, -0.15) is 0 Å². The van der Waals surface area contributed by atoms with Gasteiger partial charge in [0.2, 0.25) is 17.7 Å². The first-order chi connectivity index (χ1) is 18.0. The van der Waals surface area contributed by atoms with E-state index in [1.165, 1.54) is 6.92 Å². The molecule has 10 nitrogen and oxygen atoms in total. The van der Waals surface area contributed by atoms with Crippen molar-refractivity contribution in [2.75, 3.05) is 19.6 Å². The third-order valence-electron chi connectivity index (χ3n) is 7.21. The van der Waals surface area contributed by atoms with Crippen molar-refractivity contribution in [3.8, 4) is 0 Å². The second-order valence-corrected chi connectivity index (χ2v) is 10.9. The molecule has 0 radical (unpaired) electrons. The number of amides is 3. The lowest BCUT2D eigenvalue weighted by Crippen LogP contribution is -2.60. The van der Waals surface area contributed by atoms with E-state index >= 15 is 0 Å². The fraction of sp³-hybridized carbons (Fsp3) is 0.643. The summed E-state index contributed by atoms with van der Waals surface area (Å²) < 4.78 is 0. The summed E-state index contributed by atoms with van der Waals surface area (Å²) >= 11 is 0. The third-order valence-corrected chi connectivity index (χ3v) is 7.21. The van der Waals surface area contributed by atoms with Crippen LogP contribution in [0.5, 0.6) is 0 Å². The van der Waals surface area contributed by atoms with Crippen molar-refractivity contribution in [2.24, 2.45) is 23.1 Å². The Kier molecular flexibility index (Phi) is 12.3. The van der Waals surface area contributed by atoms with Gasteiger partial charge in [0.15, 0.2) is 0 Å². The number of nitrogens with zero attached hydrogens (tertiary/aromatic N) is 1. The Bertz CT molecular complexity index is 931. The SMILES string of the molecule is CC(=O)C1(N)CCN(C(=O)[C@@H](CCCCN)NC(=O)[C@@H](CC(C)C)NC(=O)[C@H](N)Cc2ccccc2)CC1. The quantitative estimate of drug-likeness (QED) is 0.219. The average molecular weight is 531 g/mol. The van der Waals surface area contributed by atoms with Gasteiger partial charge in [0.25, 0.3) is 0 Å². The standard InChI is InChI=1S/C28H46N6O4/c1-19(2)17-24(33-25(36)22(30)18-21-9-5-4-6-10-21)26(37)32-23(11-7-8-14-29)27(38)34-15-12-28(31,13-16-34)20(3)35/h4-6,9-10,19,22-24H,7-8,11-18,29-31H2,1-3H3,(H,32,37)(H,33,36)/t22-,23-,24-/m1/s1. The predicted octanol–water partition coefficient (Wildman–Crippen LogP) is 0.610. The van der Waals surface area contributed by atoms with Gasteiger partial charge >= 0.3 is 0 Å². The highest BCUT2D eigenvalue weighted by Crippen LogP contribution is 2.22. The molecule has 2 rings (SSSR count). The summed E-state index contributed by atoms with van der Waals surface area (Å²) in [5, 5.41) is 5.70. The van der Waals surface area contributed by atoms with Crippen LogP contribution in [-0.2, 0) is 25.6 Å². The van der Waals surface area contributed by atoms with Crippen molar-refractivity contribution in [2.45, 2.75) is 89.4 Å². The molecule has 0 aliphatic carbocycles. The molecule has 38 heavy (non-hydrogen) atoms. The van der Waals surface area contributed by atoms with Gasteiger partial charge in [-0.3, -0.25) is 19.2 Å². The van der Waals surface area contributed by atoms with Crippen LogP contribution < -0.4 is 27.8 Å². The first kappa shape index (κ1) is 31.4. The third kappa shape index (κ3) is 9.49. The minimum Gasteiger partial charge on any atom is -0.343 e. The topological polar surface area (TPSA) is 174 Å². The molecule has 0 saturated carbocycles. The maximum absolute atomic E-state index is 13.4. The molecule has 1 aliphatic rings. The summed E-state index contributed by atoms with van der Waals surface area (Å²) in [6.45, 7) is 6.57. The molecule has 3 amide bonds. The van der Waals surface area contributed by atoms with E-state index in [-0.39, 0.29) is 17.6 Å². The van der Waals surface area contributed by atoms with E-state index in [2.05, 4.69) is 10.6 Å². The van der Waals surface area contributed by atoms with Crippen LogP contribution in [-0.4, -0.2) is 71.7 Å². The van der Waals surface area contributed by atoms with Crippen molar-refractivity contribution in [3.05, 3.63) is 35.9 Å². The molecule has 1 heterocycles. The Hall–Kier alpha value is -2.82. The number of carbonyl (C=O) groups excluding carboxylic acids is 4. The number of carbonyl (C=O) groups is 4. The maximum atomic E-state index is 13.4. The highest BCUT2D eigenvalue weighted by atomic mass is 16.2. The fourth-order valence-corrected chi connectivity index (χ4v) is 4.66. The monoisotopic (exact) mass is 530 g/mol. The van der Waals surface area contributed by atoms with Gasteiger partial charge in [0.1, 0.15) is 17.9 Å². The molecule has 10 heteroatoms. The van der Waals surface area contributed by atoms with Gasteiger partial charge in [-0.1, -0.05) is 44.2 Å². The molecule has 8 N–H and O–H groups in total. The Labute approximate surface area is 226 Å². The summed E-state index contributed by atoms with van der Waals surface area (Å²) in [7, 11) is 0. The number of unbranched alkanes of at least 4 members (excludes halogenated alkanes) is 1. The molecule has 1 aliphatic heterocycles. The van der Waals surface area contributed by atoms with Gasteiger partial charge in [0.05, 0.1) is 11.6 Å². The van der Waals surface area contributed by atoms with E-state index in [0.29, 0.717) is 58.2 Å². The Morgan fingerprint density at radius 2 is 1.58 bits per heavy atom. The molecule has 1 aromatic carbocycles. The molecule has 0 bridgehead atoms. The number of nitrogens with two attached hydrogens (primary N) is 3. The minimum atomic E-state index is -0.916. The van der Waals surface area contributed by atoms with Gasteiger partial charge < -0.3 is 32.7 Å². The van der Waals surface area contributed by atoms with Crippen molar-refractivity contribution in [1.82, 2.24) is 15.5 Å². The van der Waals surface area contributed by atoms with Crippen molar-refractivity contribution < 1.29 is 19.2 Å². The van der Waals surface area contributed by atoms with E-state index in [9.17, 15) is 19.2 Å². The summed E-state index contributed by atoms with van der Waals surface area (Å²) in [6.07, 6.45) is 3.31. The lowest BCUT2D eigenvalue weighted by Gasteiger charge is -2.39. The number of benzene rings is 1. The van der Waals surface area contributed by atoms with Crippen LogP contribution in [0.3, 0.4) is 0 Å². The largest absolute Gasteiger partial charge is 0.343 e. The normalized spacial score (nSPS) is 17.4. The number of hydrogen-bond donors (Lipinski definition) is 5. The molecule has 0 spiro atoms. The highest BCUT2D eigenvalue weighted by molar-refractivity contribution is 5.93. The van der Waals surface area contributed by atoms with Crippen LogP contribution in [0.15, 0.2) is 30.3 Å². The lowest BCUT2D eigenvalue weighted by atomic mass is 9.85. The molecule has 212 valence electrons. The van der Waals surface area contributed by atoms with Crippen LogP contribution in [0, 0.1) is 5.92 Å². The van der Waals surface area contributed by atoms with E-state index in [1.807, 2.05) is 44.2 Å². The molecule has 1 aromatic rings. The molecular weight excluding hydrogens is 484 g/mol. The van der Waals surface area contributed by atoms with E-state index < -0.39 is 35.5 Å². The summed E-state index contributed by atoms with van der Waals surface area (Å²) in [6, 6.07) is 7.05. The smallest absolute Gasteiger partial charge is 0.245 e. The van der Waals surface area contributed by atoms with Crippen molar-refractivity contribution >= 4 is 23.5 Å². The first-order valence-electron chi connectivity index (χ1n) is 13.7. The molecule has 1 saturated heterocycles. The Morgan fingerprint density at radius 3 is 2.13 bits per heavy atom. The van der Waals surface area contributed by atoms with Crippen LogP contribution in [0.4, 0.5) is 0 Å². The van der Waals surface area contributed by atoms with Gasteiger partial charge in [-0.25, -0.2) is 0 Å². The van der Waals surface area contributed by atoms with Crippen molar-refractivity contribution in [3.63, 3.8) is 0 Å². The van der Waals surface area contributed by atoms with E-state index in [4.69, 9.17) is 17.2 Å². The van der Waals surface area contributed by atoms with Gasteiger partial charge in [-0.15, -0.1) is 0 Å². The zero-order chi connectivity index (χ0) is 28.3. The van der Waals surface area contributed by atoms with Crippen LogP contribution in [0.1, 0.15) is 64.9 Å². The van der Waals surface area contributed by atoms with Crippen LogP contribution >= 0.6 is 0 Å². The zero-order valence-corrected chi connectivity index (χ0v) is 23.1. The second kappa shape index (κ2) is 14.9. The molecule has 3 atom stereocenters. The summed E-state index contributed by atoms with van der Waals surface area (Å²) in [5.41, 5.74) is 18.0. The minimum absolute atomic E-state index is 0.0878. The average Bonchev–Trinajstić information content (AvgIpc) is 2.88. The summed E-state index contributed by atoms with van der Waals surface area (Å²) in [5.74, 6) is -1.01. The second-order valence-electron chi connectivity index (χ2n) is 10.9. The molecule has 0 unspecified atom stereocenters. The number of ketones is 1. The summed E-state index contributed by atoms with van der Waals surface area (Å²) in [4.78, 5) is 53.3. The number of piperidine rings is 1. The van der Waals surface area contributed by atoms with Crippen LogP contribution in [0.25, 0.3) is 0 Å². The zero-order valence-electron chi connectivity index (χ0n) is 23.1. The highest BCUT2D eigenvalue weighted by Gasteiger charge is 2.38. The number of rotatable bonds is 14. The predicted molar refractivity (Wildman–Crippen MR) is 148 cm³/mol. The molecule has 1 fully saturated rings. The van der Waals surface area contributed by atoms with E-state index in [0.717, 1.165) is 12.0 Å². The van der Waals surface area contributed by atoms with E-state index in [1.54, 1.807) is 4.90 Å². The molecule has 0 aromatic heterocycles. The van der Waals surface area contributed by atoms with Gasteiger partial charge in [0, 0.05) is 13.1 Å². The number of Topliss-reactive ketones (excluding diaryl/α,β-unsaturated/α-hetero) is 1. The van der Waals surface area contributed by atoms with Crippen LogP contribution in [0.2, 0.25) is 0 Å². The molecular formula is C28H46N6O4. The maximum Gasteiger partial charge on any atom is 0.245 e. The van der Waals surface area contributed by atoms with Gasteiger partial charge in [-0.05, 0) is 69.9 Å². The van der Waals surface area contributed by atoms with Crippen molar-refractivity contribution in [1.29, 1.82) is 0 Å². The Morgan fingerprint density at radius 1 is 0.974 bits per heavy atom. The number of likely N-dealkylation sites (tertiary alicyclic amines) is 1. The fourth-order valence-electron chi connectivity index (χ4n) is 4.66. The Balaban J connectivity index is 2.09.